The second-order valence-electron chi connectivity index (χ2n) is 4.28. The van der Waals surface area contributed by atoms with Gasteiger partial charge in [-0.3, -0.25) is 10.1 Å². The third kappa shape index (κ3) is 2.59. The zero-order valence-corrected chi connectivity index (χ0v) is 10.3. The van der Waals surface area contributed by atoms with E-state index >= 15 is 0 Å². The number of thiazole rings is 1. The van der Waals surface area contributed by atoms with E-state index in [2.05, 4.69) is 10.3 Å². The smallest absolute Gasteiger partial charge is 0.320 e. The van der Waals surface area contributed by atoms with E-state index in [9.17, 15) is 4.79 Å². The molecule has 1 aliphatic carbocycles. The topological polar surface area (TPSA) is 62.2 Å². The van der Waals surface area contributed by atoms with Crippen molar-refractivity contribution in [3.63, 3.8) is 0 Å². The Morgan fingerprint density at radius 3 is 2.75 bits per heavy atom. The van der Waals surface area contributed by atoms with Crippen LogP contribution in [0.5, 0.6) is 0 Å². The molecule has 0 amide bonds. The van der Waals surface area contributed by atoms with Crippen molar-refractivity contribution in [2.45, 2.75) is 39.3 Å². The number of hydrogen-bond donors (Lipinski definition) is 2. The first-order valence-electron chi connectivity index (χ1n) is 5.47. The molecule has 5 heteroatoms. The monoisotopic (exact) mass is 240 g/mol. The highest BCUT2D eigenvalue weighted by atomic mass is 32.1. The van der Waals surface area contributed by atoms with Crippen molar-refractivity contribution in [2.24, 2.45) is 5.92 Å². The summed E-state index contributed by atoms with van der Waals surface area (Å²) in [4.78, 5) is 16.6. The Balaban J connectivity index is 1.92. The van der Waals surface area contributed by atoms with Crippen molar-refractivity contribution < 1.29 is 9.90 Å². The van der Waals surface area contributed by atoms with Crippen molar-refractivity contribution in [3.05, 3.63) is 15.6 Å². The Bertz CT molecular complexity index is 379. The Labute approximate surface area is 98.7 Å². The molecule has 1 atom stereocenters. The van der Waals surface area contributed by atoms with Gasteiger partial charge in [-0.05, 0) is 32.6 Å². The summed E-state index contributed by atoms with van der Waals surface area (Å²) in [5.41, 5.74) is 1.04. The van der Waals surface area contributed by atoms with Gasteiger partial charge in [0.2, 0.25) is 0 Å². The van der Waals surface area contributed by atoms with Crippen molar-refractivity contribution in [3.8, 4) is 0 Å². The zero-order valence-electron chi connectivity index (χ0n) is 9.49. The van der Waals surface area contributed by atoms with Gasteiger partial charge in [-0.25, -0.2) is 4.98 Å². The number of carboxylic acids is 1. The fourth-order valence-electron chi connectivity index (χ4n) is 1.70. The zero-order chi connectivity index (χ0) is 11.7. The minimum Gasteiger partial charge on any atom is -0.480 e. The highest BCUT2D eigenvalue weighted by Gasteiger charge is 2.35. The van der Waals surface area contributed by atoms with E-state index in [1.165, 1.54) is 4.88 Å². The van der Waals surface area contributed by atoms with Gasteiger partial charge >= 0.3 is 5.97 Å². The number of carbonyl (C=O) groups is 1. The molecule has 4 nitrogen and oxygen atoms in total. The summed E-state index contributed by atoms with van der Waals surface area (Å²) in [6.45, 7) is 4.57. The third-order valence-electron chi connectivity index (χ3n) is 2.91. The standard InChI is InChI=1S/C11H16N2O2S/c1-6-7(2)16-9(13-6)5-12-10(11(14)15)8-3-4-8/h8,10,12H,3-5H2,1-2H3,(H,14,15). The van der Waals surface area contributed by atoms with Gasteiger partial charge in [0, 0.05) is 11.4 Å². The molecule has 1 saturated carbocycles. The molecular weight excluding hydrogens is 224 g/mol. The van der Waals surface area contributed by atoms with Gasteiger partial charge in [0.1, 0.15) is 11.0 Å². The number of nitrogens with zero attached hydrogens (tertiary/aromatic N) is 1. The molecule has 1 unspecified atom stereocenters. The number of rotatable bonds is 5. The van der Waals surface area contributed by atoms with Crippen LogP contribution in [0.4, 0.5) is 0 Å². The van der Waals surface area contributed by atoms with Crippen LogP contribution in [0.2, 0.25) is 0 Å². The molecule has 1 heterocycles. The SMILES string of the molecule is Cc1nc(CNC(C(=O)O)C2CC2)sc1C. The summed E-state index contributed by atoms with van der Waals surface area (Å²) in [7, 11) is 0. The Hall–Kier alpha value is -0.940. The third-order valence-corrected chi connectivity index (χ3v) is 3.98. The normalized spacial score (nSPS) is 17.4. The highest BCUT2D eigenvalue weighted by Crippen LogP contribution is 2.33. The first-order chi connectivity index (χ1) is 7.58. The number of aliphatic carboxylic acids is 1. The van der Waals surface area contributed by atoms with Gasteiger partial charge in [0.25, 0.3) is 0 Å². The van der Waals surface area contributed by atoms with E-state index in [0.29, 0.717) is 12.5 Å². The molecule has 1 aromatic rings. The van der Waals surface area contributed by atoms with Gasteiger partial charge in [0.15, 0.2) is 0 Å². The second kappa shape index (κ2) is 4.51. The summed E-state index contributed by atoms with van der Waals surface area (Å²) < 4.78 is 0. The largest absolute Gasteiger partial charge is 0.480 e. The molecule has 0 bridgehead atoms. The van der Waals surface area contributed by atoms with Gasteiger partial charge in [0.05, 0.1) is 5.69 Å². The highest BCUT2D eigenvalue weighted by molar-refractivity contribution is 7.11. The van der Waals surface area contributed by atoms with Crippen LogP contribution in [0.3, 0.4) is 0 Å². The first-order valence-corrected chi connectivity index (χ1v) is 6.28. The number of aryl methyl sites for hydroxylation is 2. The summed E-state index contributed by atoms with van der Waals surface area (Å²) in [5, 5.41) is 13.1. The molecule has 2 N–H and O–H groups in total. The first kappa shape index (κ1) is 11.5. The fourth-order valence-corrected chi connectivity index (χ4v) is 2.58. The molecule has 2 rings (SSSR count). The lowest BCUT2D eigenvalue weighted by Gasteiger charge is -2.11. The molecule has 1 fully saturated rings. The van der Waals surface area contributed by atoms with E-state index < -0.39 is 12.0 Å². The van der Waals surface area contributed by atoms with Crippen LogP contribution >= 0.6 is 11.3 Å². The van der Waals surface area contributed by atoms with Crippen LogP contribution in [0.15, 0.2) is 0 Å². The van der Waals surface area contributed by atoms with Gasteiger partial charge in [-0.15, -0.1) is 11.3 Å². The van der Waals surface area contributed by atoms with Gasteiger partial charge in [-0.2, -0.15) is 0 Å². The van der Waals surface area contributed by atoms with Gasteiger partial charge in [-0.1, -0.05) is 0 Å². The molecule has 16 heavy (non-hydrogen) atoms. The van der Waals surface area contributed by atoms with Crippen LogP contribution in [-0.4, -0.2) is 22.1 Å². The average Bonchev–Trinajstić information content (AvgIpc) is 2.96. The molecule has 0 saturated heterocycles. The van der Waals surface area contributed by atoms with Crippen molar-refractivity contribution in [1.29, 1.82) is 0 Å². The van der Waals surface area contributed by atoms with Crippen LogP contribution in [0.1, 0.15) is 28.4 Å². The maximum atomic E-state index is 11.0. The fraction of sp³-hybridized carbons (Fsp3) is 0.636. The maximum Gasteiger partial charge on any atom is 0.320 e. The van der Waals surface area contributed by atoms with Crippen LogP contribution in [-0.2, 0) is 11.3 Å². The lowest BCUT2D eigenvalue weighted by atomic mass is 10.2. The minimum atomic E-state index is -0.743. The van der Waals surface area contributed by atoms with Crippen LogP contribution < -0.4 is 5.32 Å². The number of hydrogen-bond acceptors (Lipinski definition) is 4. The van der Waals surface area contributed by atoms with Crippen molar-refractivity contribution in [2.75, 3.05) is 0 Å². The number of carboxylic acid groups (broad SMARTS) is 1. The van der Waals surface area contributed by atoms with E-state index in [0.717, 1.165) is 23.5 Å². The van der Waals surface area contributed by atoms with E-state index in [1.54, 1.807) is 11.3 Å². The summed E-state index contributed by atoms with van der Waals surface area (Å²) >= 11 is 1.63. The molecule has 0 aromatic carbocycles. The van der Waals surface area contributed by atoms with E-state index in [4.69, 9.17) is 5.11 Å². The average molecular weight is 240 g/mol. The Kier molecular flexibility index (Phi) is 3.25. The molecule has 1 aromatic heterocycles. The molecule has 1 aliphatic rings. The quantitative estimate of drug-likeness (QED) is 0.822. The van der Waals surface area contributed by atoms with E-state index in [-0.39, 0.29) is 0 Å². The summed E-state index contributed by atoms with van der Waals surface area (Å²) in [5.74, 6) is -0.424. The lowest BCUT2D eigenvalue weighted by molar-refractivity contribution is -0.140. The van der Waals surface area contributed by atoms with Crippen LogP contribution in [0.25, 0.3) is 0 Å². The number of nitrogens with one attached hydrogen (secondary N) is 1. The van der Waals surface area contributed by atoms with Crippen molar-refractivity contribution in [1.82, 2.24) is 10.3 Å². The summed E-state index contributed by atoms with van der Waals surface area (Å²) in [6.07, 6.45) is 2.06. The predicted octanol–water partition coefficient (Wildman–Crippen LogP) is 1.71. The molecular formula is C11H16N2O2S. The predicted molar refractivity (Wildman–Crippen MR) is 62.6 cm³/mol. The Morgan fingerprint density at radius 2 is 2.31 bits per heavy atom. The lowest BCUT2D eigenvalue weighted by Crippen LogP contribution is -2.38. The van der Waals surface area contributed by atoms with E-state index in [1.807, 2.05) is 13.8 Å². The Morgan fingerprint density at radius 1 is 1.62 bits per heavy atom. The number of aromatic nitrogens is 1. The maximum absolute atomic E-state index is 11.0. The molecule has 0 radical (unpaired) electrons. The van der Waals surface area contributed by atoms with Crippen LogP contribution in [0, 0.1) is 19.8 Å². The second-order valence-corrected chi connectivity index (χ2v) is 5.57. The minimum absolute atomic E-state index is 0.319. The van der Waals surface area contributed by atoms with Crippen molar-refractivity contribution >= 4 is 17.3 Å². The van der Waals surface area contributed by atoms with Gasteiger partial charge < -0.3 is 5.11 Å². The molecule has 0 spiro atoms. The molecule has 88 valence electrons. The molecule has 0 aliphatic heterocycles. The summed E-state index contributed by atoms with van der Waals surface area (Å²) in [6, 6.07) is -0.399.